The molecule has 0 saturated heterocycles. The van der Waals surface area contributed by atoms with Gasteiger partial charge in [0, 0.05) is 17.5 Å². The van der Waals surface area contributed by atoms with Gasteiger partial charge in [-0.25, -0.2) is 9.78 Å². The standard InChI is InChI=1S/C24H23BrN4O6/c1-14(24(31)32)35-21-18(25)11-15(12-20(21)29(33)34)13-26-28-22(16-7-3-2-4-8-16)27-19-10-6-5-9-17(19)23(28)30/h5-6,9-14,16H,2-4,7-8H2,1H3,(H,31,32)/t14-/m0/s1. The molecule has 182 valence electrons. The first-order valence-corrected chi connectivity index (χ1v) is 12.0. The van der Waals surface area contributed by atoms with Gasteiger partial charge in [-0.15, -0.1) is 0 Å². The summed E-state index contributed by atoms with van der Waals surface area (Å²) in [4.78, 5) is 40.2. The predicted molar refractivity (Wildman–Crippen MR) is 133 cm³/mol. The van der Waals surface area contributed by atoms with Crippen LogP contribution in [0.5, 0.6) is 5.75 Å². The molecule has 0 unspecified atom stereocenters. The van der Waals surface area contributed by atoms with E-state index in [0.717, 1.165) is 32.1 Å². The third-order valence-corrected chi connectivity index (χ3v) is 6.55. The molecule has 0 radical (unpaired) electrons. The highest BCUT2D eigenvalue weighted by atomic mass is 79.9. The quantitative estimate of drug-likeness (QED) is 0.256. The van der Waals surface area contributed by atoms with Crippen molar-refractivity contribution >= 4 is 44.7 Å². The number of ether oxygens (including phenoxy) is 1. The average molecular weight is 543 g/mol. The minimum absolute atomic E-state index is 0.0903. The summed E-state index contributed by atoms with van der Waals surface area (Å²) >= 11 is 3.23. The van der Waals surface area contributed by atoms with E-state index >= 15 is 0 Å². The van der Waals surface area contributed by atoms with Gasteiger partial charge in [0.25, 0.3) is 5.56 Å². The molecule has 10 nitrogen and oxygen atoms in total. The van der Waals surface area contributed by atoms with Gasteiger partial charge < -0.3 is 9.84 Å². The number of fused-ring (bicyclic) bond motifs is 1. The zero-order valence-corrected chi connectivity index (χ0v) is 20.5. The van der Waals surface area contributed by atoms with Crippen molar-refractivity contribution in [2.45, 2.75) is 51.0 Å². The molecule has 1 aliphatic rings. The van der Waals surface area contributed by atoms with Gasteiger partial charge in [0.1, 0.15) is 5.82 Å². The van der Waals surface area contributed by atoms with Gasteiger partial charge in [0.2, 0.25) is 5.75 Å². The Kier molecular flexibility index (Phi) is 7.25. The van der Waals surface area contributed by atoms with E-state index in [2.05, 4.69) is 21.0 Å². The fourth-order valence-electron chi connectivity index (χ4n) is 4.16. The molecule has 1 aliphatic carbocycles. The van der Waals surface area contributed by atoms with Crippen LogP contribution in [0, 0.1) is 10.1 Å². The van der Waals surface area contributed by atoms with Crippen LogP contribution in [0.4, 0.5) is 5.69 Å². The predicted octanol–water partition coefficient (Wildman–Crippen LogP) is 4.85. The molecule has 1 aromatic heterocycles. The van der Waals surface area contributed by atoms with Crippen LogP contribution in [0.25, 0.3) is 10.9 Å². The number of nitrogens with zero attached hydrogens (tertiary/aromatic N) is 4. The van der Waals surface area contributed by atoms with E-state index in [1.54, 1.807) is 18.2 Å². The molecular formula is C24H23BrN4O6. The lowest BCUT2D eigenvalue weighted by Crippen LogP contribution is -2.25. The van der Waals surface area contributed by atoms with E-state index in [9.17, 15) is 19.7 Å². The molecule has 0 spiro atoms. The molecule has 0 bridgehead atoms. The van der Waals surface area contributed by atoms with Crippen LogP contribution in [-0.2, 0) is 4.79 Å². The van der Waals surface area contributed by atoms with Gasteiger partial charge >= 0.3 is 11.7 Å². The van der Waals surface area contributed by atoms with Crippen LogP contribution in [-0.4, -0.2) is 38.0 Å². The SMILES string of the molecule is C[C@H](Oc1c(Br)cc(C=Nn2c(C3CCCCC3)nc3ccccc3c2=O)cc1[N+](=O)[O-])C(=O)O. The summed E-state index contributed by atoms with van der Waals surface area (Å²) < 4.78 is 6.76. The van der Waals surface area contributed by atoms with Crippen molar-refractivity contribution in [2.24, 2.45) is 5.10 Å². The number of hydrogen-bond donors (Lipinski definition) is 1. The summed E-state index contributed by atoms with van der Waals surface area (Å²) in [6, 6.07) is 9.82. The lowest BCUT2D eigenvalue weighted by molar-refractivity contribution is -0.386. The summed E-state index contributed by atoms with van der Waals surface area (Å²) in [6.07, 6.45) is 5.12. The molecule has 3 aromatic rings. The number of benzene rings is 2. The molecule has 1 heterocycles. The van der Waals surface area contributed by atoms with Crippen LogP contribution >= 0.6 is 15.9 Å². The Hall–Kier alpha value is -3.60. The van der Waals surface area contributed by atoms with Crippen LogP contribution in [0.15, 0.2) is 50.8 Å². The third-order valence-electron chi connectivity index (χ3n) is 5.96. The van der Waals surface area contributed by atoms with Gasteiger partial charge in [0.05, 0.1) is 26.5 Å². The molecule has 1 atom stereocenters. The molecule has 35 heavy (non-hydrogen) atoms. The number of nitro benzene ring substituents is 1. The molecule has 1 fully saturated rings. The van der Waals surface area contributed by atoms with Crippen LogP contribution < -0.4 is 10.3 Å². The van der Waals surface area contributed by atoms with E-state index in [1.807, 2.05) is 6.07 Å². The summed E-state index contributed by atoms with van der Waals surface area (Å²) in [5.74, 6) is -0.786. The number of carboxylic acid groups (broad SMARTS) is 1. The Bertz CT molecular complexity index is 1380. The Labute approximate surface area is 208 Å². The lowest BCUT2D eigenvalue weighted by Gasteiger charge is -2.22. The van der Waals surface area contributed by atoms with Crippen molar-refractivity contribution < 1.29 is 19.6 Å². The highest BCUT2D eigenvalue weighted by molar-refractivity contribution is 9.10. The maximum absolute atomic E-state index is 13.3. The van der Waals surface area contributed by atoms with E-state index < -0.39 is 22.7 Å². The number of carbonyl (C=O) groups is 1. The molecular weight excluding hydrogens is 520 g/mol. The second-order valence-electron chi connectivity index (χ2n) is 8.39. The van der Waals surface area contributed by atoms with Crippen molar-refractivity contribution in [1.29, 1.82) is 0 Å². The highest BCUT2D eigenvalue weighted by Crippen LogP contribution is 2.37. The normalized spacial score (nSPS) is 15.4. The summed E-state index contributed by atoms with van der Waals surface area (Å²) in [5.41, 5.74) is 0.201. The van der Waals surface area contributed by atoms with Crippen LogP contribution in [0.3, 0.4) is 0 Å². The Morgan fingerprint density at radius 2 is 2.03 bits per heavy atom. The molecule has 0 aliphatic heterocycles. The minimum Gasteiger partial charge on any atom is -0.479 e. The number of para-hydroxylation sites is 1. The van der Waals surface area contributed by atoms with Crippen molar-refractivity contribution in [3.63, 3.8) is 0 Å². The van der Waals surface area contributed by atoms with E-state index in [4.69, 9.17) is 14.8 Å². The van der Waals surface area contributed by atoms with Crippen molar-refractivity contribution in [3.05, 3.63) is 72.7 Å². The van der Waals surface area contributed by atoms with Gasteiger partial charge in [0.15, 0.2) is 6.10 Å². The zero-order valence-electron chi connectivity index (χ0n) is 18.9. The number of aromatic nitrogens is 2. The van der Waals surface area contributed by atoms with E-state index in [0.29, 0.717) is 22.3 Å². The Morgan fingerprint density at radius 1 is 1.31 bits per heavy atom. The minimum atomic E-state index is -1.29. The summed E-state index contributed by atoms with van der Waals surface area (Å²) in [6.45, 7) is 1.28. The first kappa shape index (κ1) is 24.5. The number of halogens is 1. The van der Waals surface area contributed by atoms with Gasteiger partial charge in [-0.3, -0.25) is 14.9 Å². The largest absolute Gasteiger partial charge is 0.479 e. The topological polar surface area (TPSA) is 137 Å². The highest BCUT2D eigenvalue weighted by Gasteiger charge is 2.25. The zero-order chi connectivity index (χ0) is 25.1. The maximum Gasteiger partial charge on any atom is 0.344 e. The Balaban J connectivity index is 1.79. The summed E-state index contributed by atoms with van der Waals surface area (Å²) in [7, 11) is 0. The fourth-order valence-corrected chi connectivity index (χ4v) is 4.72. The van der Waals surface area contributed by atoms with Crippen molar-refractivity contribution in [3.8, 4) is 5.75 Å². The van der Waals surface area contributed by atoms with Crippen LogP contribution in [0.1, 0.15) is 56.3 Å². The smallest absolute Gasteiger partial charge is 0.344 e. The second kappa shape index (κ2) is 10.3. The van der Waals surface area contributed by atoms with Crippen molar-refractivity contribution in [2.75, 3.05) is 0 Å². The fraction of sp³-hybridized carbons (Fsp3) is 0.333. The maximum atomic E-state index is 13.3. The summed E-state index contributed by atoms with van der Waals surface area (Å²) in [5, 5.41) is 25.6. The van der Waals surface area contributed by atoms with Crippen molar-refractivity contribution in [1.82, 2.24) is 9.66 Å². The molecule has 1 N–H and O–H groups in total. The lowest BCUT2D eigenvalue weighted by atomic mass is 9.88. The molecule has 1 saturated carbocycles. The van der Waals surface area contributed by atoms with E-state index in [1.165, 1.54) is 29.9 Å². The first-order chi connectivity index (χ1) is 16.8. The molecule has 4 rings (SSSR count). The second-order valence-corrected chi connectivity index (χ2v) is 9.24. The van der Waals surface area contributed by atoms with Gasteiger partial charge in [-0.1, -0.05) is 31.4 Å². The number of aliphatic carboxylic acids is 1. The third kappa shape index (κ3) is 5.24. The van der Waals surface area contributed by atoms with E-state index in [-0.39, 0.29) is 21.7 Å². The number of carboxylic acids is 1. The first-order valence-electron chi connectivity index (χ1n) is 11.2. The monoisotopic (exact) mass is 542 g/mol. The molecule has 11 heteroatoms. The number of hydrogen-bond acceptors (Lipinski definition) is 7. The number of rotatable bonds is 7. The van der Waals surface area contributed by atoms with Crippen LogP contribution in [0.2, 0.25) is 0 Å². The number of nitro groups is 1. The molecule has 0 amide bonds. The van der Waals surface area contributed by atoms with Gasteiger partial charge in [-0.05, 0) is 53.9 Å². The average Bonchev–Trinajstić information content (AvgIpc) is 2.85. The molecule has 2 aromatic carbocycles. The Morgan fingerprint density at radius 3 is 2.71 bits per heavy atom. The van der Waals surface area contributed by atoms with Gasteiger partial charge in [-0.2, -0.15) is 9.78 Å².